The van der Waals surface area contributed by atoms with Crippen molar-refractivity contribution in [1.29, 1.82) is 5.26 Å². The highest BCUT2D eigenvalue weighted by atomic mass is 35.5. The first-order chi connectivity index (χ1) is 17.3. The predicted molar refractivity (Wildman–Crippen MR) is 137 cm³/mol. The van der Waals surface area contributed by atoms with Crippen LogP contribution in [0.4, 0.5) is 4.79 Å². The number of nitrogens with one attached hydrogen (secondary N) is 1. The molecule has 11 heteroatoms. The number of nitriles is 1. The van der Waals surface area contributed by atoms with Crippen LogP contribution in [0.2, 0.25) is 5.02 Å². The smallest absolute Gasteiger partial charge is 0.411 e. The molecule has 1 aliphatic heterocycles. The van der Waals surface area contributed by atoms with E-state index in [2.05, 4.69) is 16.4 Å². The Bertz CT molecular complexity index is 1390. The Morgan fingerprint density at radius 2 is 1.97 bits per heavy atom. The molecule has 2 fully saturated rings. The monoisotopic (exact) mass is 544 g/mol. The maximum atomic E-state index is 13.7. The molecule has 2 unspecified atom stereocenters. The van der Waals surface area contributed by atoms with E-state index < -0.39 is 44.3 Å². The van der Waals surface area contributed by atoms with Crippen LogP contribution in [0.15, 0.2) is 41.4 Å². The molecule has 2 heterocycles. The molecule has 1 N–H and O–H groups in total. The van der Waals surface area contributed by atoms with Crippen LogP contribution < -0.4 is 5.32 Å². The Morgan fingerprint density at radius 1 is 1.27 bits per heavy atom. The van der Waals surface area contributed by atoms with E-state index in [9.17, 15) is 23.3 Å². The lowest BCUT2D eigenvalue weighted by molar-refractivity contribution is -0.126. The molecule has 2 atom stereocenters. The Labute approximate surface area is 221 Å². The van der Waals surface area contributed by atoms with Gasteiger partial charge < -0.3 is 10.1 Å². The average Bonchev–Trinajstić information content (AvgIpc) is 3.42. The highest BCUT2D eigenvalue weighted by molar-refractivity contribution is 7.92. The van der Waals surface area contributed by atoms with Gasteiger partial charge in [0.15, 0.2) is 9.84 Å². The minimum atomic E-state index is -4.03. The predicted octanol–water partition coefficient (Wildman–Crippen LogP) is 4.03. The molecule has 1 aliphatic carbocycles. The van der Waals surface area contributed by atoms with Gasteiger partial charge in [-0.2, -0.15) is 5.26 Å². The van der Waals surface area contributed by atoms with Gasteiger partial charge in [-0.3, -0.25) is 14.7 Å². The van der Waals surface area contributed by atoms with Gasteiger partial charge in [-0.1, -0.05) is 23.7 Å². The van der Waals surface area contributed by atoms with Crippen molar-refractivity contribution < 1.29 is 22.7 Å². The van der Waals surface area contributed by atoms with Gasteiger partial charge in [-0.15, -0.1) is 0 Å². The highest BCUT2D eigenvalue weighted by Crippen LogP contribution is 2.37. The zero-order valence-corrected chi connectivity index (χ0v) is 22.7. The van der Waals surface area contributed by atoms with Gasteiger partial charge >= 0.3 is 6.09 Å². The maximum absolute atomic E-state index is 13.7. The number of benzene rings is 1. The fraction of sp³-hybridized carbons (Fsp3) is 0.462. The summed E-state index contributed by atoms with van der Waals surface area (Å²) in [6, 6.07) is 9.32. The van der Waals surface area contributed by atoms with Crippen LogP contribution >= 0.6 is 11.6 Å². The number of aryl methyl sites for hydroxylation is 1. The molecule has 0 radical (unpaired) electrons. The number of aromatic nitrogens is 1. The van der Waals surface area contributed by atoms with Crippen molar-refractivity contribution >= 4 is 33.4 Å². The van der Waals surface area contributed by atoms with Crippen molar-refractivity contribution in [3.63, 3.8) is 0 Å². The molecule has 9 nitrogen and oxygen atoms in total. The molecule has 1 aromatic carbocycles. The summed E-state index contributed by atoms with van der Waals surface area (Å²) in [6.45, 7) is 6.66. The fourth-order valence-electron chi connectivity index (χ4n) is 4.37. The molecule has 2 aliphatic rings. The summed E-state index contributed by atoms with van der Waals surface area (Å²) in [5, 5.41) is 11.0. The summed E-state index contributed by atoms with van der Waals surface area (Å²) in [5.41, 5.74) is 0.520. The number of nitrogens with zero attached hydrogens (tertiary/aromatic N) is 3. The molecule has 0 spiro atoms. The maximum Gasteiger partial charge on any atom is 0.411 e. The van der Waals surface area contributed by atoms with Gasteiger partial charge in [0.05, 0.1) is 21.2 Å². The third-order valence-electron chi connectivity index (χ3n) is 6.52. The topological polar surface area (TPSA) is 129 Å². The zero-order valence-electron chi connectivity index (χ0n) is 21.1. The third-order valence-corrected chi connectivity index (χ3v) is 9.13. The average molecular weight is 545 g/mol. The summed E-state index contributed by atoms with van der Waals surface area (Å²) >= 11 is 6.47. The molecule has 0 bridgehead atoms. The molecule has 196 valence electrons. The number of pyridine rings is 1. The second kappa shape index (κ2) is 9.62. The van der Waals surface area contributed by atoms with Crippen molar-refractivity contribution in [3.05, 3.63) is 47.2 Å². The van der Waals surface area contributed by atoms with E-state index in [-0.39, 0.29) is 22.9 Å². The van der Waals surface area contributed by atoms with Crippen LogP contribution in [0.5, 0.6) is 0 Å². The molecule has 37 heavy (non-hydrogen) atoms. The third kappa shape index (κ3) is 5.58. The quantitative estimate of drug-likeness (QED) is 0.601. The SMILES string of the molecule is Cc1ncccc1-c1ccc(S(=O)(=O)C2CC(C(=O)NC3(C#N)CC3)N(C(=O)OC(C)(C)C)C2)c(Cl)c1. The van der Waals surface area contributed by atoms with Crippen molar-refractivity contribution in [1.82, 2.24) is 15.2 Å². The van der Waals surface area contributed by atoms with E-state index in [1.807, 2.05) is 13.0 Å². The first-order valence-electron chi connectivity index (χ1n) is 11.9. The molecular weight excluding hydrogens is 516 g/mol. The summed E-state index contributed by atoms with van der Waals surface area (Å²) < 4.78 is 32.8. The molecule has 1 saturated heterocycles. The number of likely N-dealkylation sites (tertiary alicyclic amines) is 1. The van der Waals surface area contributed by atoms with Gasteiger partial charge in [-0.05, 0) is 70.7 Å². The first kappa shape index (κ1) is 26.9. The number of rotatable bonds is 5. The summed E-state index contributed by atoms with van der Waals surface area (Å²) in [6.07, 6.45) is 1.75. The Kier molecular flexibility index (Phi) is 6.99. The van der Waals surface area contributed by atoms with Crippen LogP contribution in [0, 0.1) is 18.3 Å². The van der Waals surface area contributed by atoms with Crippen LogP contribution in [-0.2, 0) is 19.4 Å². The first-order valence-corrected chi connectivity index (χ1v) is 13.9. The minimum absolute atomic E-state index is 0.0406. The van der Waals surface area contributed by atoms with Crippen LogP contribution in [0.25, 0.3) is 11.1 Å². The number of hydrogen-bond donors (Lipinski definition) is 1. The minimum Gasteiger partial charge on any atom is -0.444 e. The van der Waals surface area contributed by atoms with Gasteiger partial charge in [-0.25, -0.2) is 13.2 Å². The van der Waals surface area contributed by atoms with Crippen LogP contribution in [0.3, 0.4) is 0 Å². The number of halogens is 1. The Morgan fingerprint density at radius 3 is 2.54 bits per heavy atom. The van der Waals surface area contributed by atoms with E-state index in [4.69, 9.17) is 16.3 Å². The number of amides is 2. The number of hydrogen-bond acceptors (Lipinski definition) is 7. The van der Waals surface area contributed by atoms with Gasteiger partial charge in [0.1, 0.15) is 17.2 Å². The van der Waals surface area contributed by atoms with E-state index in [0.717, 1.165) is 21.7 Å². The number of sulfone groups is 1. The lowest BCUT2D eigenvalue weighted by atomic mass is 10.1. The standard InChI is InChI=1S/C26H29ClN4O5S/c1-16-19(6-5-11-29-16)17-7-8-22(20(27)12-17)37(34,35)18-13-21(23(32)30-26(15-28)9-10-26)31(14-18)24(33)36-25(2,3)4/h5-8,11-12,18,21H,9-10,13-14H2,1-4H3,(H,30,32). The molecule has 2 amide bonds. The Balaban J connectivity index is 1.63. The second-order valence-corrected chi connectivity index (χ2v) is 13.1. The van der Waals surface area contributed by atoms with Crippen LogP contribution in [-0.4, -0.2) is 59.3 Å². The molecular formula is C26H29ClN4O5S. The number of ether oxygens (including phenoxy) is 1. The van der Waals surface area contributed by atoms with E-state index in [1.54, 1.807) is 45.2 Å². The summed E-state index contributed by atoms with van der Waals surface area (Å²) in [7, 11) is -4.03. The fourth-order valence-corrected chi connectivity index (χ4v) is 6.61. The normalized spacial score (nSPS) is 20.7. The van der Waals surface area contributed by atoms with Crippen molar-refractivity contribution in [3.8, 4) is 17.2 Å². The second-order valence-electron chi connectivity index (χ2n) is 10.5. The molecule has 1 aromatic heterocycles. The molecule has 1 saturated carbocycles. The summed E-state index contributed by atoms with van der Waals surface area (Å²) in [5.74, 6) is -0.573. The Hall–Kier alpha value is -3.16. The lowest BCUT2D eigenvalue weighted by Crippen LogP contribution is -2.50. The molecule has 2 aromatic rings. The van der Waals surface area contributed by atoms with Crippen molar-refractivity contribution in [2.24, 2.45) is 0 Å². The van der Waals surface area contributed by atoms with E-state index in [1.165, 1.54) is 6.07 Å². The lowest BCUT2D eigenvalue weighted by Gasteiger charge is -2.28. The number of carbonyl (C=O) groups is 2. The van der Waals surface area contributed by atoms with Gasteiger partial charge in [0.25, 0.3) is 0 Å². The largest absolute Gasteiger partial charge is 0.444 e. The van der Waals surface area contributed by atoms with Gasteiger partial charge in [0, 0.05) is 24.0 Å². The number of carbonyl (C=O) groups excluding carboxylic acids is 2. The molecule has 4 rings (SSSR count). The van der Waals surface area contributed by atoms with E-state index >= 15 is 0 Å². The van der Waals surface area contributed by atoms with Crippen LogP contribution in [0.1, 0.15) is 45.7 Å². The summed E-state index contributed by atoms with van der Waals surface area (Å²) in [4.78, 5) is 31.4. The van der Waals surface area contributed by atoms with Gasteiger partial charge in [0.2, 0.25) is 5.91 Å². The van der Waals surface area contributed by atoms with Crippen molar-refractivity contribution in [2.45, 2.75) is 74.3 Å². The van der Waals surface area contributed by atoms with Crippen molar-refractivity contribution in [2.75, 3.05) is 6.54 Å². The zero-order chi connectivity index (χ0) is 27.2. The van der Waals surface area contributed by atoms with E-state index in [0.29, 0.717) is 12.8 Å². The highest BCUT2D eigenvalue weighted by Gasteiger charge is 2.51.